The van der Waals surface area contributed by atoms with Gasteiger partial charge in [-0.2, -0.15) is 0 Å². The van der Waals surface area contributed by atoms with Crippen molar-refractivity contribution in [3.05, 3.63) is 30.1 Å². The summed E-state index contributed by atoms with van der Waals surface area (Å²) in [7, 11) is 0. The molecule has 2 heterocycles. The molecule has 1 aromatic rings. The fraction of sp³-hybridized carbons (Fsp3) is 0.615. The predicted molar refractivity (Wildman–Crippen MR) is 64.2 cm³/mol. The molecule has 0 amide bonds. The minimum absolute atomic E-state index is 0.224. The normalized spacial score (nSPS) is 25.6. The van der Waals surface area contributed by atoms with Gasteiger partial charge >= 0.3 is 0 Å². The zero-order valence-electron chi connectivity index (χ0n) is 9.86. The molecule has 1 aromatic heterocycles. The van der Waals surface area contributed by atoms with Crippen LogP contribution in [0.3, 0.4) is 0 Å². The molecule has 88 valence electrons. The van der Waals surface area contributed by atoms with Gasteiger partial charge in [0.1, 0.15) is 0 Å². The summed E-state index contributed by atoms with van der Waals surface area (Å²) in [6.45, 7) is 5.08. The third-order valence-corrected chi connectivity index (χ3v) is 3.11. The summed E-state index contributed by atoms with van der Waals surface area (Å²) in [4.78, 5) is 4.17. The van der Waals surface area contributed by atoms with Crippen LogP contribution in [-0.4, -0.2) is 24.7 Å². The summed E-state index contributed by atoms with van der Waals surface area (Å²) in [5.74, 6) is 0.581. The van der Waals surface area contributed by atoms with Gasteiger partial charge in [0.2, 0.25) is 0 Å². The van der Waals surface area contributed by atoms with Crippen molar-refractivity contribution in [2.75, 3.05) is 19.7 Å². The fourth-order valence-corrected chi connectivity index (χ4v) is 2.29. The zero-order chi connectivity index (χ0) is 11.2. The first kappa shape index (κ1) is 11.6. The molecule has 1 saturated heterocycles. The van der Waals surface area contributed by atoms with Gasteiger partial charge in [-0.25, -0.2) is 0 Å². The molecule has 3 nitrogen and oxygen atoms in total. The second-order valence-electron chi connectivity index (χ2n) is 4.29. The van der Waals surface area contributed by atoms with Crippen LogP contribution in [0.25, 0.3) is 0 Å². The van der Waals surface area contributed by atoms with Crippen LogP contribution in [0.2, 0.25) is 0 Å². The second-order valence-corrected chi connectivity index (χ2v) is 4.29. The van der Waals surface area contributed by atoms with Crippen LogP contribution >= 0.6 is 0 Å². The van der Waals surface area contributed by atoms with Gasteiger partial charge in [0.05, 0.1) is 6.10 Å². The van der Waals surface area contributed by atoms with Crippen molar-refractivity contribution in [1.29, 1.82) is 0 Å². The Kier molecular flexibility index (Phi) is 4.31. The minimum atomic E-state index is 0.224. The summed E-state index contributed by atoms with van der Waals surface area (Å²) in [6, 6.07) is 4.10. The molecule has 1 aliphatic heterocycles. The maximum Gasteiger partial charge on any atom is 0.0880 e. The Morgan fingerprint density at radius 3 is 3.25 bits per heavy atom. The lowest BCUT2D eigenvalue weighted by molar-refractivity contribution is -0.0278. The molecular weight excluding hydrogens is 200 g/mol. The first-order valence-electron chi connectivity index (χ1n) is 6.14. The highest BCUT2D eigenvalue weighted by molar-refractivity contribution is 5.13. The highest BCUT2D eigenvalue weighted by Gasteiger charge is 2.26. The van der Waals surface area contributed by atoms with Crippen molar-refractivity contribution in [1.82, 2.24) is 10.3 Å². The molecule has 0 spiro atoms. The number of rotatable bonds is 4. The highest BCUT2D eigenvalue weighted by atomic mass is 16.5. The van der Waals surface area contributed by atoms with E-state index in [-0.39, 0.29) is 6.10 Å². The number of pyridine rings is 1. The number of hydrogen-bond acceptors (Lipinski definition) is 3. The van der Waals surface area contributed by atoms with Gasteiger partial charge in [-0.1, -0.05) is 13.0 Å². The molecule has 0 bridgehead atoms. The van der Waals surface area contributed by atoms with Crippen LogP contribution in [-0.2, 0) is 4.74 Å². The Morgan fingerprint density at radius 2 is 2.50 bits per heavy atom. The first-order valence-corrected chi connectivity index (χ1v) is 6.14. The quantitative estimate of drug-likeness (QED) is 0.844. The van der Waals surface area contributed by atoms with Crippen LogP contribution in [0.15, 0.2) is 24.5 Å². The molecule has 1 N–H and O–H groups in total. The van der Waals surface area contributed by atoms with Gasteiger partial charge in [0, 0.05) is 31.5 Å². The third kappa shape index (κ3) is 2.80. The average molecular weight is 220 g/mol. The molecule has 2 unspecified atom stereocenters. The molecule has 1 aliphatic rings. The molecule has 1 fully saturated rings. The Labute approximate surface area is 97.2 Å². The topological polar surface area (TPSA) is 34.1 Å². The summed E-state index contributed by atoms with van der Waals surface area (Å²) in [5.41, 5.74) is 1.21. The molecular formula is C13H20N2O. The number of hydrogen-bond donors (Lipinski definition) is 1. The standard InChI is InChI=1S/C13H20N2O/c1-2-14-9-12-6-4-8-16-13(12)11-5-3-7-15-10-11/h3,5,7,10,12-14H,2,4,6,8-9H2,1H3. The SMILES string of the molecule is CCNCC1CCCOC1c1cccnc1. The molecule has 2 rings (SSSR count). The highest BCUT2D eigenvalue weighted by Crippen LogP contribution is 2.32. The molecule has 16 heavy (non-hydrogen) atoms. The Balaban J connectivity index is 2.04. The van der Waals surface area contributed by atoms with Crippen LogP contribution in [0.5, 0.6) is 0 Å². The maximum absolute atomic E-state index is 5.89. The van der Waals surface area contributed by atoms with Crippen molar-refractivity contribution in [3.8, 4) is 0 Å². The van der Waals surface area contributed by atoms with E-state index in [2.05, 4.69) is 23.3 Å². The predicted octanol–water partition coefficient (Wildman–Crippen LogP) is 2.16. The van der Waals surface area contributed by atoms with E-state index in [0.29, 0.717) is 5.92 Å². The largest absolute Gasteiger partial charge is 0.373 e. The smallest absolute Gasteiger partial charge is 0.0880 e. The van der Waals surface area contributed by atoms with Gasteiger partial charge in [-0.3, -0.25) is 4.98 Å². The molecule has 0 saturated carbocycles. The summed E-state index contributed by atoms with van der Waals surface area (Å²) in [5, 5.41) is 3.42. The third-order valence-electron chi connectivity index (χ3n) is 3.11. The first-order chi connectivity index (χ1) is 7.92. The van der Waals surface area contributed by atoms with E-state index in [4.69, 9.17) is 4.74 Å². The van der Waals surface area contributed by atoms with Gasteiger partial charge in [-0.15, -0.1) is 0 Å². The van der Waals surface area contributed by atoms with E-state index in [1.807, 2.05) is 18.5 Å². The van der Waals surface area contributed by atoms with Crippen LogP contribution in [0.4, 0.5) is 0 Å². The van der Waals surface area contributed by atoms with Crippen LogP contribution in [0.1, 0.15) is 31.4 Å². The summed E-state index contributed by atoms with van der Waals surface area (Å²) >= 11 is 0. The van der Waals surface area contributed by atoms with Crippen LogP contribution < -0.4 is 5.32 Å². The maximum atomic E-state index is 5.89. The van der Waals surface area contributed by atoms with Crippen molar-refractivity contribution in [2.45, 2.75) is 25.9 Å². The Morgan fingerprint density at radius 1 is 1.56 bits per heavy atom. The van der Waals surface area contributed by atoms with Gasteiger partial charge in [-0.05, 0) is 31.0 Å². The van der Waals surface area contributed by atoms with E-state index >= 15 is 0 Å². The van der Waals surface area contributed by atoms with E-state index in [1.54, 1.807) is 0 Å². The molecule has 2 atom stereocenters. The van der Waals surface area contributed by atoms with Crippen molar-refractivity contribution in [3.63, 3.8) is 0 Å². The Hall–Kier alpha value is -0.930. The van der Waals surface area contributed by atoms with Crippen molar-refractivity contribution >= 4 is 0 Å². The monoisotopic (exact) mass is 220 g/mol. The molecule has 0 aromatic carbocycles. The second kappa shape index (κ2) is 5.97. The van der Waals surface area contributed by atoms with E-state index in [0.717, 1.165) is 19.7 Å². The lowest BCUT2D eigenvalue weighted by Gasteiger charge is -2.32. The molecule has 0 radical (unpaired) electrons. The van der Waals surface area contributed by atoms with Crippen molar-refractivity contribution < 1.29 is 4.74 Å². The van der Waals surface area contributed by atoms with E-state index in [9.17, 15) is 0 Å². The number of nitrogens with one attached hydrogen (secondary N) is 1. The average Bonchev–Trinajstić information content (AvgIpc) is 2.38. The molecule has 0 aliphatic carbocycles. The van der Waals surface area contributed by atoms with Gasteiger partial charge in [0.25, 0.3) is 0 Å². The van der Waals surface area contributed by atoms with Crippen molar-refractivity contribution in [2.24, 2.45) is 5.92 Å². The minimum Gasteiger partial charge on any atom is -0.373 e. The Bertz CT molecular complexity index is 302. The summed E-state index contributed by atoms with van der Waals surface area (Å²) < 4.78 is 5.89. The van der Waals surface area contributed by atoms with E-state index < -0.39 is 0 Å². The number of nitrogens with zero attached hydrogens (tertiary/aromatic N) is 1. The number of ether oxygens (including phenoxy) is 1. The zero-order valence-corrected chi connectivity index (χ0v) is 9.86. The lowest BCUT2D eigenvalue weighted by Crippen LogP contribution is -2.31. The van der Waals surface area contributed by atoms with E-state index in [1.165, 1.54) is 18.4 Å². The van der Waals surface area contributed by atoms with Gasteiger partial charge in [0.15, 0.2) is 0 Å². The lowest BCUT2D eigenvalue weighted by atomic mass is 9.90. The van der Waals surface area contributed by atoms with Crippen LogP contribution in [0, 0.1) is 5.92 Å². The van der Waals surface area contributed by atoms with Gasteiger partial charge < -0.3 is 10.1 Å². The summed E-state index contributed by atoms with van der Waals surface area (Å²) in [6.07, 6.45) is 6.38. The fourth-order valence-electron chi connectivity index (χ4n) is 2.29. The number of aromatic nitrogens is 1. The molecule has 3 heteroatoms.